The summed E-state index contributed by atoms with van der Waals surface area (Å²) in [4.78, 5) is 25.5. The molecule has 2 amide bonds. The first-order valence-electron chi connectivity index (χ1n) is 22.2. The van der Waals surface area contributed by atoms with E-state index in [-0.39, 0.29) is 30.8 Å². The number of hydrogen-bond donors (Lipinski definition) is 3. The van der Waals surface area contributed by atoms with Crippen LogP contribution in [0.15, 0.2) is 24.3 Å². The summed E-state index contributed by atoms with van der Waals surface area (Å²) in [6, 6.07) is 0. The van der Waals surface area contributed by atoms with Gasteiger partial charge in [0.15, 0.2) is 12.3 Å². The lowest BCUT2D eigenvalue weighted by atomic mass is 10.1. The summed E-state index contributed by atoms with van der Waals surface area (Å²) in [5.41, 5.74) is 0. The number of carbonyl (C=O) groups excluding carboxylic acids is 2. The fraction of sp³-hybridized carbons (Fsp3) is 0.864. The summed E-state index contributed by atoms with van der Waals surface area (Å²) in [5, 5.41) is 16.2. The van der Waals surface area contributed by atoms with Crippen LogP contribution in [0.5, 0.6) is 0 Å². The molecule has 11 heteroatoms. The van der Waals surface area contributed by atoms with Crippen molar-refractivity contribution in [2.24, 2.45) is 0 Å². The fourth-order valence-electron chi connectivity index (χ4n) is 6.56. The quantitative estimate of drug-likeness (QED) is 0.0142. The number of aliphatic hydroxyl groups excluding tert-OH is 1. The van der Waals surface area contributed by atoms with E-state index in [9.17, 15) is 27.7 Å². The first kappa shape index (κ1) is 55.3. The summed E-state index contributed by atoms with van der Waals surface area (Å²) in [7, 11) is -1.59. The van der Waals surface area contributed by atoms with Gasteiger partial charge in [0.05, 0.1) is 20.8 Å². The summed E-state index contributed by atoms with van der Waals surface area (Å²) < 4.78 is 31.4. The minimum Gasteiger partial charge on any atom is -0.726 e. The first-order chi connectivity index (χ1) is 26.4. The van der Waals surface area contributed by atoms with Crippen LogP contribution >= 0.6 is 0 Å². The molecule has 2 unspecified atom stereocenters. The second kappa shape index (κ2) is 39.1. The van der Waals surface area contributed by atoms with Crippen LogP contribution in [0.3, 0.4) is 0 Å². The second-order valence-electron chi connectivity index (χ2n) is 15.5. The molecule has 0 aromatic rings. The molecule has 2 atom stereocenters. The second-order valence-corrected chi connectivity index (χ2v) is 16.7. The van der Waals surface area contributed by atoms with Crippen molar-refractivity contribution in [1.29, 1.82) is 0 Å². The van der Waals surface area contributed by atoms with Crippen molar-refractivity contribution in [2.75, 3.05) is 27.3 Å². The molecule has 0 radical (unpaired) electrons. The van der Waals surface area contributed by atoms with E-state index in [1.54, 1.807) is 0 Å². The SMILES string of the molecule is CCCCCCCC/C=C\CCCCCCCC(=O)NC(C)[N+](C)(CCO)C(C)NC(=O)CCCCCCC/C=C\CCCCCCCC.COS(=O)(=O)[O-]. The number of nitrogens with one attached hydrogen (secondary N) is 2. The topological polar surface area (TPSA) is 145 Å². The number of carbonyl (C=O) groups is 2. The van der Waals surface area contributed by atoms with Crippen LogP contribution in [0.25, 0.3) is 0 Å². The maximum Gasteiger partial charge on any atom is 0.224 e. The third-order valence-electron chi connectivity index (χ3n) is 10.6. The Labute approximate surface area is 339 Å². The van der Waals surface area contributed by atoms with Gasteiger partial charge in [0.2, 0.25) is 22.2 Å². The van der Waals surface area contributed by atoms with Crippen LogP contribution in [0, 0.1) is 0 Å². The zero-order valence-electron chi connectivity index (χ0n) is 36.4. The van der Waals surface area contributed by atoms with Gasteiger partial charge in [0.1, 0.15) is 6.54 Å². The predicted molar refractivity (Wildman–Crippen MR) is 229 cm³/mol. The van der Waals surface area contributed by atoms with Crippen molar-refractivity contribution in [3.63, 3.8) is 0 Å². The van der Waals surface area contributed by atoms with E-state index in [0.717, 1.165) is 32.8 Å². The molecule has 0 bridgehead atoms. The van der Waals surface area contributed by atoms with E-state index in [1.807, 2.05) is 20.9 Å². The smallest absolute Gasteiger partial charge is 0.224 e. The number of quaternary nitrogens is 1. The Morgan fingerprint density at radius 1 is 0.600 bits per heavy atom. The van der Waals surface area contributed by atoms with E-state index in [2.05, 4.69) is 53.0 Å². The molecule has 326 valence electrons. The number of aliphatic hydroxyl groups is 1. The minimum atomic E-state index is -4.41. The number of likely N-dealkylation sites (N-methyl/N-ethyl adjacent to an activating group) is 1. The maximum absolute atomic E-state index is 12.8. The lowest BCUT2D eigenvalue weighted by Gasteiger charge is -2.44. The van der Waals surface area contributed by atoms with Crippen molar-refractivity contribution >= 4 is 22.2 Å². The van der Waals surface area contributed by atoms with Gasteiger partial charge in [0.25, 0.3) is 0 Å². The van der Waals surface area contributed by atoms with Gasteiger partial charge in [-0.05, 0) is 64.2 Å². The Bertz CT molecular complexity index is 992. The van der Waals surface area contributed by atoms with Gasteiger partial charge in [-0.2, -0.15) is 0 Å². The van der Waals surface area contributed by atoms with Gasteiger partial charge in [-0.25, -0.2) is 8.42 Å². The van der Waals surface area contributed by atoms with Crippen molar-refractivity contribution in [2.45, 2.75) is 220 Å². The van der Waals surface area contributed by atoms with Gasteiger partial charge in [-0.15, -0.1) is 0 Å². The number of allylic oxidation sites excluding steroid dienone is 4. The molecule has 0 spiro atoms. The molecule has 0 rings (SSSR count). The van der Waals surface area contributed by atoms with Crippen LogP contribution in [-0.4, -0.2) is 74.0 Å². The molecular formula is C44H87N3O7S. The highest BCUT2D eigenvalue weighted by Gasteiger charge is 2.36. The van der Waals surface area contributed by atoms with Crippen LogP contribution in [-0.2, 0) is 24.2 Å². The highest BCUT2D eigenvalue weighted by Crippen LogP contribution is 2.16. The average molecular weight is 802 g/mol. The van der Waals surface area contributed by atoms with Gasteiger partial charge in [-0.1, -0.05) is 141 Å². The number of rotatable bonds is 37. The highest BCUT2D eigenvalue weighted by atomic mass is 32.3. The number of amides is 2. The van der Waals surface area contributed by atoms with Gasteiger partial charge >= 0.3 is 0 Å². The van der Waals surface area contributed by atoms with Gasteiger partial charge in [0, 0.05) is 26.7 Å². The lowest BCUT2D eigenvalue weighted by Crippen LogP contribution is -2.67. The lowest BCUT2D eigenvalue weighted by molar-refractivity contribution is -0.957. The molecule has 0 aliphatic rings. The Morgan fingerprint density at radius 2 is 0.873 bits per heavy atom. The standard InChI is InChI=1S/C43H83N3O3.CH4O4S/c1-6-8-10-12-14-16-18-20-22-24-26-28-30-32-34-36-42(48)44-40(3)46(5,38-39-47)41(4)45-43(49)37-35-33-31-29-27-25-23-21-19-17-15-13-11-9-7-2;1-5-6(2,3)4/h20-23,40-41,47H,6-19,24-39H2,1-5H3,(H-,44,45,48,49);1H3,(H,2,3,4)/b22-20-,23-21-;. The normalized spacial score (nSPS) is 14.0. The molecule has 0 saturated carbocycles. The molecular weight excluding hydrogens is 715 g/mol. The maximum atomic E-state index is 12.8. The third kappa shape index (κ3) is 37.5. The van der Waals surface area contributed by atoms with E-state index < -0.39 is 10.4 Å². The molecule has 0 aromatic heterocycles. The molecule has 0 saturated heterocycles. The molecule has 0 aliphatic heterocycles. The van der Waals surface area contributed by atoms with Gasteiger partial charge in [-0.3, -0.25) is 18.3 Å². The molecule has 55 heavy (non-hydrogen) atoms. The number of nitrogens with zero attached hydrogens (tertiary/aromatic N) is 1. The predicted octanol–water partition coefficient (Wildman–Crippen LogP) is 10.5. The van der Waals surface area contributed by atoms with E-state index in [0.29, 0.717) is 23.9 Å². The van der Waals surface area contributed by atoms with Gasteiger partial charge < -0.3 is 20.3 Å². The first-order valence-corrected chi connectivity index (χ1v) is 23.6. The van der Waals surface area contributed by atoms with Crippen molar-refractivity contribution in [1.82, 2.24) is 10.6 Å². The van der Waals surface area contributed by atoms with Crippen molar-refractivity contribution < 1.29 is 36.3 Å². The zero-order chi connectivity index (χ0) is 41.5. The Kier molecular flexibility index (Phi) is 39.3. The van der Waals surface area contributed by atoms with Crippen LogP contribution in [0.2, 0.25) is 0 Å². The Balaban J connectivity index is 0. The van der Waals surface area contributed by atoms with E-state index in [4.69, 9.17) is 0 Å². The molecule has 10 nitrogen and oxygen atoms in total. The summed E-state index contributed by atoms with van der Waals surface area (Å²) in [6.45, 7) is 8.97. The molecule has 3 N–H and O–H groups in total. The third-order valence-corrected chi connectivity index (χ3v) is 11.0. The molecule has 0 aromatic carbocycles. The zero-order valence-corrected chi connectivity index (χ0v) is 37.2. The summed E-state index contributed by atoms with van der Waals surface area (Å²) >= 11 is 0. The number of hydrogen-bond acceptors (Lipinski definition) is 7. The van der Waals surface area contributed by atoms with Crippen molar-refractivity contribution in [3.8, 4) is 0 Å². The molecule has 0 aliphatic carbocycles. The summed E-state index contributed by atoms with van der Waals surface area (Å²) in [6.07, 6.45) is 42.4. The fourth-order valence-corrected chi connectivity index (χ4v) is 6.56. The minimum absolute atomic E-state index is 0.000603. The Hall–Kier alpha value is -1.79. The van der Waals surface area contributed by atoms with E-state index >= 15 is 0 Å². The largest absolute Gasteiger partial charge is 0.726 e. The Morgan fingerprint density at radius 3 is 1.15 bits per heavy atom. The van der Waals surface area contributed by atoms with Crippen LogP contribution < -0.4 is 10.6 Å². The van der Waals surface area contributed by atoms with E-state index in [1.165, 1.54) is 141 Å². The van der Waals surface area contributed by atoms with Crippen LogP contribution in [0.1, 0.15) is 207 Å². The van der Waals surface area contributed by atoms with Crippen molar-refractivity contribution in [3.05, 3.63) is 24.3 Å². The van der Waals surface area contributed by atoms with Crippen LogP contribution in [0.4, 0.5) is 0 Å². The number of unbranched alkanes of at least 4 members (excludes halogenated alkanes) is 22. The summed E-state index contributed by atoms with van der Waals surface area (Å²) in [5.74, 6) is 0.110. The molecule has 0 fully saturated rings. The average Bonchev–Trinajstić information content (AvgIpc) is 3.14. The highest BCUT2D eigenvalue weighted by molar-refractivity contribution is 7.80. The monoisotopic (exact) mass is 802 g/mol. The molecule has 0 heterocycles.